The number of piperidine rings is 1. The van der Waals surface area contributed by atoms with E-state index in [-0.39, 0.29) is 0 Å². The summed E-state index contributed by atoms with van der Waals surface area (Å²) < 4.78 is 0. The predicted molar refractivity (Wildman–Crippen MR) is 63.8 cm³/mol. The maximum atomic E-state index is 4.19. The lowest BCUT2D eigenvalue weighted by molar-refractivity contribution is 0.243. The zero-order valence-corrected chi connectivity index (χ0v) is 9.60. The van der Waals surface area contributed by atoms with E-state index in [1.54, 1.807) is 0 Å². The molecule has 0 aromatic rings. The lowest BCUT2D eigenvalue weighted by Crippen LogP contribution is -2.35. The molecule has 2 fully saturated rings. The number of hydrogen-bond acceptors (Lipinski definition) is 3. The second kappa shape index (κ2) is 5.64. The first-order chi connectivity index (χ1) is 7.34. The van der Waals surface area contributed by atoms with Gasteiger partial charge in [-0.2, -0.15) is 0 Å². The topological polar surface area (TPSA) is 27.3 Å². The Kier molecular flexibility index (Phi) is 4.18. The van der Waals surface area contributed by atoms with Crippen molar-refractivity contribution in [1.29, 1.82) is 0 Å². The van der Waals surface area contributed by atoms with Crippen molar-refractivity contribution in [2.45, 2.75) is 31.8 Å². The van der Waals surface area contributed by atoms with Crippen molar-refractivity contribution in [3.63, 3.8) is 0 Å². The molecule has 0 atom stereocenters. The van der Waals surface area contributed by atoms with Crippen molar-refractivity contribution >= 4 is 0 Å². The van der Waals surface area contributed by atoms with E-state index >= 15 is 0 Å². The fourth-order valence-electron chi connectivity index (χ4n) is 2.50. The van der Waals surface area contributed by atoms with Crippen LogP contribution in [0.15, 0.2) is 12.2 Å². The number of likely N-dealkylation sites (tertiary alicyclic amines) is 1. The highest BCUT2D eigenvalue weighted by Crippen LogP contribution is 2.12. The molecular weight excluding hydrogens is 186 g/mol. The Balaban J connectivity index is 1.66. The highest BCUT2D eigenvalue weighted by atomic mass is 15.2. The number of nitrogens with one attached hydrogen (secondary N) is 2. The summed E-state index contributed by atoms with van der Waals surface area (Å²) in [6.07, 6.45) is 5.70. The van der Waals surface area contributed by atoms with E-state index < -0.39 is 0 Å². The third-order valence-electron chi connectivity index (χ3n) is 3.30. The van der Waals surface area contributed by atoms with Crippen LogP contribution in [0.4, 0.5) is 0 Å². The summed E-state index contributed by atoms with van der Waals surface area (Å²) in [6, 6.07) is 0. The molecule has 0 unspecified atom stereocenters. The van der Waals surface area contributed by atoms with E-state index in [1.165, 1.54) is 37.9 Å². The van der Waals surface area contributed by atoms with Crippen LogP contribution >= 0.6 is 0 Å². The molecule has 2 N–H and O–H groups in total. The third-order valence-corrected chi connectivity index (χ3v) is 3.30. The molecule has 0 spiro atoms. The summed E-state index contributed by atoms with van der Waals surface area (Å²) in [5.74, 6) is 0. The summed E-state index contributed by atoms with van der Waals surface area (Å²) in [7, 11) is 0. The van der Waals surface area contributed by atoms with Crippen LogP contribution in [0.1, 0.15) is 25.7 Å². The van der Waals surface area contributed by atoms with Gasteiger partial charge in [-0.1, -0.05) is 18.6 Å². The third kappa shape index (κ3) is 3.59. The zero-order valence-electron chi connectivity index (χ0n) is 9.60. The predicted octanol–water partition coefficient (Wildman–Crippen LogP) is 0.937. The van der Waals surface area contributed by atoms with Crippen LogP contribution in [0, 0.1) is 0 Å². The second-order valence-electron chi connectivity index (χ2n) is 4.75. The van der Waals surface area contributed by atoms with Crippen LogP contribution in [0.2, 0.25) is 0 Å². The van der Waals surface area contributed by atoms with Gasteiger partial charge in [0, 0.05) is 19.6 Å². The molecule has 3 nitrogen and oxygen atoms in total. The van der Waals surface area contributed by atoms with Gasteiger partial charge in [-0.05, 0) is 32.4 Å². The summed E-state index contributed by atoms with van der Waals surface area (Å²) in [5.41, 5.74) is 1.36. The van der Waals surface area contributed by atoms with E-state index in [0.29, 0.717) is 6.17 Å². The van der Waals surface area contributed by atoms with Gasteiger partial charge in [-0.25, -0.2) is 0 Å². The Morgan fingerprint density at radius 1 is 1.13 bits per heavy atom. The Morgan fingerprint density at radius 3 is 2.47 bits per heavy atom. The Morgan fingerprint density at radius 2 is 1.80 bits per heavy atom. The van der Waals surface area contributed by atoms with Crippen molar-refractivity contribution in [2.75, 3.05) is 32.7 Å². The van der Waals surface area contributed by atoms with Crippen LogP contribution in [0.25, 0.3) is 0 Å². The highest BCUT2D eigenvalue weighted by molar-refractivity contribution is 5.01. The molecule has 2 rings (SSSR count). The fourth-order valence-corrected chi connectivity index (χ4v) is 2.50. The van der Waals surface area contributed by atoms with Crippen LogP contribution in [-0.4, -0.2) is 43.8 Å². The summed E-state index contributed by atoms with van der Waals surface area (Å²) >= 11 is 0. The van der Waals surface area contributed by atoms with Gasteiger partial charge in [0.05, 0.1) is 6.17 Å². The van der Waals surface area contributed by atoms with Gasteiger partial charge in [-0.3, -0.25) is 4.90 Å². The molecule has 0 bridgehead atoms. The van der Waals surface area contributed by atoms with Gasteiger partial charge < -0.3 is 10.6 Å². The largest absolute Gasteiger partial charge is 0.300 e. The van der Waals surface area contributed by atoms with E-state index in [2.05, 4.69) is 22.1 Å². The maximum absolute atomic E-state index is 4.19. The van der Waals surface area contributed by atoms with Crippen molar-refractivity contribution in [3.05, 3.63) is 12.2 Å². The first-order valence-electron chi connectivity index (χ1n) is 6.20. The van der Waals surface area contributed by atoms with E-state index in [1.807, 2.05) is 0 Å². The molecule has 0 aromatic carbocycles. The average molecular weight is 209 g/mol. The Bertz CT molecular complexity index is 203. The lowest BCUT2D eigenvalue weighted by atomic mass is 10.1. The Labute approximate surface area is 92.9 Å². The summed E-state index contributed by atoms with van der Waals surface area (Å²) in [5, 5.41) is 6.87. The fraction of sp³-hybridized carbons (Fsp3) is 0.833. The van der Waals surface area contributed by atoms with E-state index in [0.717, 1.165) is 26.1 Å². The molecular formula is C12H23N3. The van der Waals surface area contributed by atoms with Gasteiger partial charge in [0.15, 0.2) is 0 Å². The van der Waals surface area contributed by atoms with Crippen LogP contribution in [0.5, 0.6) is 0 Å². The van der Waals surface area contributed by atoms with Gasteiger partial charge in [0.2, 0.25) is 0 Å². The van der Waals surface area contributed by atoms with Crippen molar-refractivity contribution < 1.29 is 0 Å². The quantitative estimate of drug-likeness (QED) is 0.675. The van der Waals surface area contributed by atoms with E-state index in [4.69, 9.17) is 0 Å². The van der Waals surface area contributed by atoms with Gasteiger partial charge in [0.1, 0.15) is 0 Å². The van der Waals surface area contributed by atoms with Gasteiger partial charge >= 0.3 is 0 Å². The zero-order chi connectivity index (χ0) is 10.5. The number of nitrogens with zero attached hydrogens (tertiary/aromatic N) is 1. The average Bonchev–Trinajstić information content (AvgIpc) is 2.71. The highest BCUT2D eigenvalue weighted by Gasteiger charge is 2.16. The number of hydrogen-bond donors (Lipinski definition) is 2. The smallest absolute Gasteiger partial charge is 0.0611 e. The molecule has 0 aromatic heterocycles. The standard InChI is InChI=1S/C12H23N3/c1-11(9-12-13-5-6-14-12)10-15-7-3-2-4-8-15/h12-14H,1-10H2. The SMILES string of the molecule is C=C(CC1NCCN1)CN1CCCCC1. The molecule has 0 amide bonds. The minimum absolute atomic E-state index is 0.474. The first-order valence-corrected chi connectivity index (χ1v) is 6.20. The minimum atomic E-state index is 0.474. The molecule has 2 aliphatic rings. The maximum Gasteiger partial charge on any atom is 0.0611 e. The molecule has 0 saturated carbocycles. The van der Waals surface area contributed by atoms with Crippen molar-refractivity contribution in [3.8, 4) is 0 Å². The first kappa shape index (κ1) is 11.1. The van der Waals surface area contributed by atoms with Crippen molar-refractivity contribution in [1.82, 2.24) is 15.5 Å². The molecule has 0 radical (unpaired) electrons. The monoisotopic (exact) mass is 209 g/mol. The lowest BCUT2D eigenvalue weighted by Gasteiger charge is -2.27. The van der Waals surface area contributed by atoms with Crippen LogP contribution in [-0.2, 0) is 0 Å². The molecule has 3 heteroatoms. The molecule has 2 saturated heterocycles. The summed E-state index contributed by atoms with van der Waals surface area (Å²) in [4.78, 5) is 2.54. The minimum Gasteiger partial charge on any atom is -0.300 e. The van der Waals surface area contributed by atoms with Gasteiger partial charge in [0.25, 0.3) is 0 Å². The Hall–Kier alpha value is -0.380. The molecule has 2 heterocycles. The van der Waals surface area contributed by atoms with Gasteiger partial charge in [-0.15, -0.1) is 0 Å². The molecule has 15 heavy (non-hydrogen) atoms. The van der Waals surface area contributed by atoms with Crippen LogP contribution in [0.3, 0.4) is 0 Å². The molecule has 86 valence electrons. The molecule has 2 aliphatic heterocycles. The van der Waals surface area contributed by atoms with E-state index in [9.17, 15) is 0 Å². The summed E-state index contributed by atoms with van der Waals surface area (Å²) in [6.45, 7) is 10.0. The second-order valence-corrected chi connectivity index (χ2v) is 4.75. The molecule has 0 aliphatic carbocycles. The normalized spacial score (nSPS) is 24.5. The van der Waals surface area contributed by atoms with Crippen LogP contribution < -0.4 is 10.6 Å². The number of rotatable bonds is 4. The van der Waals surface area contributed by atoms with Crippen molar-refractivity contribution in [2.24, 2.45) is 0 Å².